The Labute approximate surface area is 159 Å². The van der Waals surface area contributed by atoms with Gasteiger partial charge in [0, 0.05) is 20.4 Å². The number of carbonyl (C=O) groups is 3. The molecular formula is C18H29N5O4. The summed E-state index contributed by atoms with van der Waals surface area (Å²) in [6, 6.07) is -0.824. The van der Waals surface area contributed by atoms with Gasteiger partial charge in [0.2, 0.25) is 11.8 Å². The third-order valence-electron chi connectivity index (χ3n) is 4.99. The van der Waals surface area contributed by atoms with Gasteiger partial charge in [-0.3, -0.25) is 20.2 Å². The van der Waals surface area contributed by atoms with Gasteiger partial charge in [-0.2, -0.15) is 0 Å². The van der Waals surface area contributed by atoms with E-state index >= 15 is 0 Å². The summed E-state index contributed by atoms with van der Waals surface area (Å²) in [5, 5.41) is 17.3. The number of imidazole rings is 1. The number of carbonyl (C=O) groups excluding carboxylic acids is 3. The van der Waals surface area contributed by atoms with Gasteiger partial charge in [0.1, 0.15) is 23.9 Å². The smallest absolute Gasteiger partial charge is 0.328 e. The Kier molecular flexibility index (Phi) is 6.25. The van der Waals surface area contributed by atoms with E-state index < -0.39 is 29.7 Å². The molecule has 4 amide bonds. The Morgan fingerprint density at radius 3 is 2.19 bits per heavy atom. The zero-order chi connectivity index (χ0) is 20.5. The molecule has 1 unspecified atom stereocenters. The maximum absolute atomic E-state index is 13.0. The number of rotatable bonds is 7. The average Bonchev–Trinajstić information content (AvgIpc) is 2.74. The molecule has 1 aliphatic rings. The van der Waals surface area contributed by atoms with Crippen molar-refractivity contribution in [2.45, 2.75) is 46.6 Å². The van der Waals surface area contributed by atoms with E-state index in [1.165, 1.54) is 0 Å². The molecule has 0 bridgehead atoms. The van der Waals surface area contributed by atoms with E-state index in [4.69, 9.17) is 0 Å². The van der Waals surface area contributed by atoms with Gasteiger partial charge in [0.05, 0.1) is 5.92 Å². The van der Waals surface area contributed by atoms with Gasteiger partial charge in [-0.1, -0.05) is 13.8 Å². The summed E-state index contributed by atoms with van der Waals surface area (Å²) in [4.78, 5) is 38.4. The van der Waals surface area contributed by atoms with Crippen molar-refractivity contribution in [1.29, 1.82) is 0 Å². The fourth-order valence-corrected chi connectivity index (χ4v) is 3.52. The average molecular weight is 379 g/mol. The second-order valence-electron chi connectivity index (χ2n) is 7.80. The van der Waals surface area contributed by atoms with Crippen LogP contribution in [0.3, 0.4) is 0 Å². The first-order chi connectivity index (χ1) is 12.5. The molecule has 1 atom stereocenters. The van der Waals surface area contributed by atoms with Crippen LogP contribution in [0.4, 0.5) is 4.79 Å². The third kappa shape index (κ3) is 4.29. The summed E-state index contributed by atoms with van der Waals surface area (Å²) < 4.78 is 2.72. The van der Waals surface area contributed by atoms with Gasteiger partial charge in [0.15, 0.2) is 0 Å². The first kappa shape index (κ1) is 20.9. The number of nitrogens with zero attached hydrogens (tertiary/aromatic N) is 3. The fourth-order valence-electron chi connectivity index (χ4n) is 3.52. The van der Waals surface area contributed by atoms with Crippen LogP contribution in [0.25, 0.3) is 0 Å². The third-order valence-corrected chi connectivity index (χ3v) is 4.99. The topological polar surface area (TPSA) is 110 Å². The van der Waals surface area contributed by atoms with Crippen molar-refractivity contribution in [3.05, 3.63) is 22.4 Å². The fraction of sp³-hybridized carbons (Fsp3) is 0.667. The maximum Gasteiger partial charge on any atom is 0.328 e. The van der Waals surface area contributed by atoms with Gasteiger partial charge in [-0.05, 0) is 26.4 Å². The lowest BCUT2D eigenvalue weighted by molar-refractivity contribution is -0.622. The molecule has 0 radical (unpaired) electrons. The minimum atomic E-state index is -1.13. The molecule has 2 N–H and O–H groups in total. The molecule has 0 spiro atoms. The van der Waals surface area contributed by atoms with Crippen molar-refractivity contribution in [3.8, 4) is 0 Å². The standard InChI is InChI=1S/C18H29N5O4/c1-10(2)9-13(14-15(24)19-18(26)20-16(14)25)17-22(8-7-21(5)6)11(3)12(4)23(17)27/h10,13-14H,7-9H2,1-6H3,(H2,19,20,24,25,26). The molecule has 2 rings (SSSR count). The second kappa shape index (κ2) is 8.08. The van der Waals surface area contributed by atoms with Crippen molar-refractivity contribution < 1.29 is 19.1 Å². The minimum Gasteiger partial charge on any atom is -0.711 e. The van der Waals surface area contributed by atoms with Crippen molar-refractivity contribution in [2.24, 2.45) is 11.8 Å². The molecule has 0 saturated carbocycles. The van der Waals surface area contributed by atoms with Gasteiger partial charge in [-0.15, -0.1) is 0 Å². The molecule has 9 heteroatoms. The Balaban J connectivity index is 2.56. The van der Waals surface area contributed by atoms with E-state index in [1.54, 1.807) is 6.92 Å². The number of urea groups is 1. The molecule has 0 aromatic carbocycles. The number of aromatic nitrogens is 2. The Morgan fingerprint density at radius 1 is 1.15 bits per heavy atom. The summed E-state index contributed by atoms with van der Waals surface area (Å²) in [6.07, 6.45) is 0.465. The van der Waals surface area contributed by atoms with E-state index in [-0.39, 0.29) is 5.92 Å². The van der Waals surface area contributed by atoms with Crippen LogP contribution in [-0.4, -0.2) is 48.0 Å². The predicted molar refractivity (Wildman–Crippen MR) is 98.8 cm³/mol. The second-order valence-corrected chi connectivity index (χ2v) is 7.80. The Bertz CT molecular complexity index is 733. The molecular weight excluding hydrogens is 350 g/mol. The first-order valence-corrected chi connectivity index (χ1v) is 9.14. The molecule has 1 aromatic rings. The quantitative estimate of drug-likeness (QED) is 0.405. The lowest BCUT2D eigenvalue weighted by Gasteiger charge is -2.28. The number of barbiturate groups is 1. The number of likely N-dealkylation sites (N-methyl/N-ethyl adjacent to an activating group) is 1. The van der Waals surface area contributed by atoms with E-state index in [0.717, 1.165) is 10.4 Å². The summed E-state index contributed by atoms with van der Waals surface area (Å²) in [5.41, 5.74) is 1.36. The maximum atomic E-state index is 13.0. The Hall–Kier alpha value is -2.42. The minimum absolute atomic E-state index is 0.144. The van der Waals surface area contributed by atoms with Crippen molar-refractivity contribution in [1.82, 2.24) is 20.1 Å². The van der Waals surface area contributed by atoms with Gasteiger partial charge in [0.25, 0.3) is 5.82 Å². The van der Waals surface area contributed by atoms with E-state index in [2.05, 4.69) is 10.6 Å². The molecule has 2 heterocycles. The number of imide groups is 2. The van der Waals surface area contributed by atoms with Crippen LogP contribution in [0.2, 0.25) is 0 Å². The molecule has 1 aromatic heterocycles. The highest BCUT2D eigenvalue weighted by Gasteiger charge is 2.46. The molecule has 1 fully saturated rings. The zero-order valence-electron chi connectivity index (χ0n) is 16.8. The number of hydrogen-bond acceptors (Lipinski definition) is 5. The van der Waals surface area contributed by atoms with Crippen LogP contribution in [0.1, 0.15) is 43.4 Å². The highest BCUT2D eigenvalue weighted by atomic mass is 16.5. The lowest BCUT2D eigenvalue weighted by Crippen LogP contribution is -2.58. The highest BCUT2D eigenvalue weighted by molar-refractivity contribution is 6.16. The molecule has 1 saturated heterocycles. The van der Waals surface area contributed by atoms with Gasteiger partial charge in [-0.25, -0.2) is 14.1 Å². The van der Waals surface area contributed by atoms with Crippen molar-refractivity contribution in [2.75, 3.05) is 20.6 Å². The number of nitrogens with one attached hydrogen (secondary N) is 2. The van der Waals surface area contributed by atoms with Crippen LogP contribution < -0.4 is 15.4 Å². The van der Waals surface area contributed by atoms with Crippen LogP contribution in [0.5, 0.6) is 0 Å². The van der Waals surface area contributed by atoms with Crippen molar-refractivity contribution in [3.63, 3.8) is 0 Å². The van der Waals surface area contributed by atoms with Gasteiger partial charge < -0.3 is 10.1 Å². The zero-order valence-corrected chi connectivity index (χ0v) is 16.8. The Morgan fingerprint density at radius 2 is 1.70 bits per heavy atom. The van der Waals surface area contributed by atoms with E-state index in [1.807, 2.05) is 44.3 Å². The van der Waals surface area contributed by atoms with E-state index in [9.17, 15) is 19.6 Å². The van der Waals surface area contributed by atoms with Crippen LogP contribution >= 0.6 is 0 Å². The normalized spacial score (nSPS) is 16.8. The van der Waals surface area contributed by atoms with Crippen LogP contribution in [-0.2, 0) is 16.1 Å². The number of amides is 4. The summed E-state index contributed by atoms with van der Waals surface area (Å²) in [7, 11) is 3.88. The highest BCUT2D eigenvalue weighted by Crippen LogP contribution is 2.32. The summed E-state index contributed by atoms with van der Waals surface area (Å²) in [6.45, 7) is 8.80. The molecule has 9 nitrogen and oxygen atoms in total. The van der Waals surface area contributed by atoms with Crippen LogP contribution in [0, 0.1) is 30.9 Å². The summed E-state index contributed by atoms with van der Waals surface area (Å²) in [5.74, 6) is -2.55. The number of hydrogen-bond donors (Lipinski definition) is 2. The van der Waals surface area contributed by atoms with Gasteiger partial charge >= 0.3 is 6.03 Å². The first-order valence-electron chi connectivity index (χ1n) is 9.14. The molecule has 27 heavy (non-hydrogen) atoms. The molecule has 0 aliphatic carbocycles. The molecule has 1 aliphatic heterocycles. The van der Waals surface area contributed by atoms with Crippen molar-refractivity contribution >= 4 is 17.8 Å². The predicted octanol–water partition coefficient (Wildman–Crippen LogP) is 0.412. The lowest BCUT2D eigenvalue weighted by atomic mass is 9.82. The monoisotopic (exact) mass is 379 g/mol. The van der Waals surface area contributed by atoms with Crippen LogP contribution in [0.15, 0.2) is 0 Å². The molecule has 150 valence electrons. The largest absolute Gasteiger partial charge is 0.711 e. The summed E-state index contributed by atoms with van der Waals surface area (Å²) >= 11 is 0. The SMILES string of the molecule is Cc1c(C)[n+]([O-])c(C(CC(C)C)C2C(=O)NC(=O)NC2=O)n1CCN(C)C. The van der Waals surface area contributed by atoms with E-state index in [0.29, 0.717) is 31.0 Å².